The smallest absolute Gasteiger partial charge is 0.341 e. The van der Waals surface area contributed by atoms with Crippen LogP contribution in [0.3, 0.4) is 0 Å². The third-order valence-corrected chi connectivity index (χ3v) is 6.02. The van der Waals surface area contributed by atoms with E-state index >= 15 is 0 Å². The lowest BCUT2D eigenvalue weighted by Gasteiger charge is -2.33. The zero-order chi connectivity index (χ0) is 24.7. The summed E-state index contributed by atoms with van der Waals surface area (Å²) in [7, 11) is 1.30. The number of ether oxygens (including phenoxy) is 3. The second-order valence-electron chi connectivity index (χ2n) is 8.82. The summed E-state index contributed by atoms with van der Waals surface area (Å²) in [5.74, 6) is -1.46. The number of rotatable bonds is 9. The predicted octanol–water partition coefficient (Wildman–Crippen LogP) is 6.07. The van der Waals surface area contributed by atoms with Crippen molar-refractivity contribution in [3.63, 3.8) is 0 Å². The van der Waals surface area contributed by atoms with Crippen LogP contribution in [0.4, 0.5) is 0 Å². The van der Waals surface area contributed by atoms with Crippen molar-refractivity contribution in [2.45, 2.75) is 79.1 Å². The number of hydrogen-bond acceptors (Lipinski definition) is 6. The fourth-order valence-electron chi connectivity index (χ4n) is 4.50. The third-order valence-electron chi connectivity index (χ3n) is 6.02. The van der Waals surface area contributed by atoms with E-state index in [2.05, 4.69) is 19.6 Å². The van der Waals surface area contributed by atoms with Gasteiger partial charge >= 0.3 is 17.9 Å². The second-order valence-corrected chi connectivity index (χ2v) is 8.82. The molecule has 180 valence electrons. The average Bonchev–Trinajstić information content (AvgIpc) is 2.72. The highest BCUT2D eigenvalue weighted by Gasteiger charge is 2.35. The van der Waals surface area contributed by atoms with Crippen molar-refractivity contribution in [3.05, 3.63) is 46.6 Å². The molecule has 0 fully saturated rings. The van der Waals surface area contributed by atoms with E-state index in [1.807, 2.05) is 13.8 Å². The molecule has 2 unspecified atom stereocenters. The number of aryl methyl sites for hydroxylation is 1. The van der Waals surface area contributed by atoms with Crippen molar-refractivity contribution < 1.29 is 28.6 Å². The van der Waals surface area contributed by atoms with Crippen molar-refractivity contribution in [1.82, 2.24) is 0 Å². The van der Waals surface area contributed by atoms with Gasteiger partial charge in [-0.25, -0.2) is 4.79 Å². The van der Waals surface area contributed by atoms with E-state index in [0.29, 0.717) is 23.3 Å². The van der Waals surface area contributed by atoms with Crippen LogP contribution in [0.25, 0.3) is 0 Å². The summed E-state index contributed by atoms with van der Waals surface area (Å²) in [5, 5.41) is 0. The molecular weight excluding hydrogens is 420 g/mol. The van der Waals surface area contributed by atoms with Gasteiger partial charge in [-0.05, 0) is 57.1 Å². The van der Waals surface area contributed by atoms with Gasteiger partial charge in [-0.2, -0.15) is 0 Å². The quantitative estimate of drug-likeness (QED) is 0.194. The molecule has 33 heavy (non-hydrogen) atoms. The van der Waals surface area contributed by atoms with Gasteiger partial charge in [0.25, 0.3) is 0 Å². The van der Waals surface area contributed by atoms with Gasteiger partial charge in [0, 0.05) is 25.3 Å². The van der Waals surface area contributed by atoms with Gasteiger partial charge in [-0.15, -0.1) is 0 Å². The van der Waals surface area contributed by atoms with Crippen molar-refractivity contribution in [2.75, 3.05) is 7.11 Å². The number of unbranched alkanes of at least 4 members (excludes halogenated alkanes) is 2. The van der Waals surface area contributed by atoms with E-state index in [4.69, 9.17) is 14.2 Å². The highest BCUT2D eigenvalue weighted by atomic mass is 16.6. The Morgan fingerprint density at radius 2 is 1.76 bits per heavy atom. The van der Waals surface area contributed by atoms with E-state index in [1.165, 1.54) is 26.5 Å². The highest BCUT2D eigenvalue weighted by Crippen LogP contribution is 2.49. The molecule has 1 aliphatic carbocycles. The van der Waals surface area contributed by atoms with Gasteiger partial charge < -0.3 is 14.2 Å². The van der Waals surface area contributed by atoms with Gasteiger partial charge in [0.2, 0.25) is 0 Å². The van der Waals surface area contributed by atoms with E-state index < -0.39 is 17.9 Å². The van der Waals surface area contributed by atoms with Gasteiger partial charge in [0.05, 0.1) is 7.11 Å². The van der Waals surface area contributed by atoms with Crippen molar-refractivity contribution >= 4 is 17.9 Å². The van der Waals surface area contributed by atoms with Crippen LogP contribution in [0.15, 0.2) is 29.9 Å². The standard InChI is InChI=1S/C27H36O6/c1-8-9-10-11-20-15-23(32-18(5)28)25(22-14-17(4)12-13-21(22)16(2)3)26(33-19(6)29)24(20)27(30)31-7/h14-15,21-22H,2,8-13H2,1,3-7H3. The Morgan fingerprint density at radius 3 is 2.30 bits per heavy atom. The van der Waals surface area contributed by atoms with Crippen LogP contribution in [0.2, 0.25) is 0 Å². The molecule has 1 aromatic carbocycles. The Kier molecular flexibility index (Phi) is 9.44. The zero-order valence-corrected chi connectivity index (χ0v) is 20.7. The summed E-state index contributed by atoms with van der Waals surface area (Å²) >= 11 is 0. The molecule has 0 heterocycles. The lowest BCUT2D eigenvalue weighted by atomic mass is 9.73. The number of carbonyl (C=O) groups excluding carboxylic acids is 3. The molecule has 2 atom stereocenters. The van der Waals surface area contributed by atoms with E-state index in [-0.39, 0.29) is 23.1 Å². The lowest BCUT2D eigenvalue weighted by molar-refractivity contribution is -0.132. The minimum Gasteiger partial charge on any atom is -0.465 e. The first kappa shape index (κ1) is 26.4. The van der Waals surface area contributed by atoms with Crippen LogP contribution >= 0.6 is 0 Å². The molecular formula is C27H36O6. The van der Waals surface area contributed by atoms with Gasteiger partial charge in [0.15, 0.2) is 5.75 Å². The van der Waals surface area contributed by atoms with Gasteiger partial charge in [0.1, 0.15) is 11.3 Å². The molecule has 0 saturated heterocycles. The number of esters is 3. The summed E-state index contributed by atoms with van der Waals surface area (Å²) in [5.41, 5.74) is 3.50. The largest absolute Gasteiger partial charge is 0.465 e. The van der Waals surface area contributed by atoms with Crippen molar-refractivity contribution in [2.24, 2.45) is 5.92 Å². The highest BCUT2D eigenvalue weighted by molar-refractivity contribution is 5.96. The van der Waals surface area contributed by atoms with E-state index in [9.17, 15) is 14.4 Å². The van der Waals surface area contributed by atoms with Crippen LogP contribution in [-0.4, -0.2) is 25.0 Å². The summed E-state index contributed by atoms with van der Waals surface area (Å²) in [6.45, 7) is 12.9. The van der Waals surface area contributed by atoms with Crippen LogP contribution < -0.4 is 9.47 Å². The molecule has 1 aliphatic rings. The second kappa shape index (κ2) is 11.8. The maximum atomic E-state index is 13.0. The average molecular weight is 457 g/mol. The Bertz CT molecular complexity index is 956. The normalized spacial score (nSPS) is 17.7. The van der Waals surface area contributed by atoms with Crippen LogP contribution in [-0.2, 0) is 20.7 Å². The fourth-order valence-corrected chi connectivity index (χ4v) is 4.50. The SMILES string of the molecule is C=C(C)C1CCC(C)=CC1c1c(OC(C)=O)cc(CCCCC)c(C(=O)OC)c1OC(C)=O. The minimum absolute atomic E-state index is 0.0359. The van der Waals surface area contributed by atoms with E-state index in [0.717, 1.165) is 37.7 Å². The van der Waals surface area contributed by atoms with Crippen molar-refractivity contribution in [3.8, 4) is 11.5 Å². The molecule has 0 aromatic heterocycles. The maximum absolute atomic E-state index is 13.0. The monoisotopic (exact) mass is 456 g/mol. The van der Waals surface area contributed by atoms with Gasteiger partial charge in [-0.3, -0.25) is 9.59 Å². The Balaban J connectivity index is 2.92. The van der Waals surface area contributed by atoms with Crippen molar-refractivity contribution in [1.29, 1.82) is 0 Å². The minimum atomic E-state index is -0.586. The molecule has 0 radical (unpaired) electrons. The maximum Gasteiger partial charge on any atom is 0.341 e. The summed E-state index contributed by atoms with van der Waals surface area (Å²) in [4.78, 5) is 37.2. The number of hydrogen-bond donors (Lipinski definition) is 0. The first-order chi connectivity index (χ1) is 15.6. The zero-order valence-electron chi connectivity index (χ0n) is 20.7. The molecule has 0 amide bonds. The first-order valence-electron chi connectivity index (χ1n) is 11.6. The van der Waals surface area contributed by atoms with Crippen LogP contribution in [0.1, 0.15) is 94.1 Å². The topological polar surface area (TPSA) is 78.9 Å². The molecule has 6 nitrogen and oxygen atoms in total. The first-order valence-corrected chi connectivity index (χ1v) is 11.6. The fraction of sp³-hybridized carbons (Fsp3) is 0.519. The molecule has 0 bridgehead atoms. The molecule has 0 spiro atoms. The van der Waals surface area contributed by atoms with Crippen LogP contribution in [0.5, 0.6) is 11.5 Å². The number of methoxy groups -OCH3 is 1. The molecule has 2 rings (SSSR count). The Hall–Kier alpha value is -2.89. The molecule has 1 aromatic rings. The molecule has 0 aliphatic heterocycles. The third kappa shape index (κ3) is 6.56. The number of carbonyl (C=O) groups is 3. The number of allylic oxidation sites excluding steroid dienone is 3. The lowest BCUT2D eigenvalue weighted by Crippen LogP contribution is -2.22. The molecule has 0 N–H and O–H groups in total. The number of benzene rings is 1. The van der Waals surface area contributed by atoms with E-state index in [1.54, 1.807) is 6.07 Å². The molecule has 6 heteroatoms. The molecule has 0 saturated carbocycles. The summed E-state index contributed by atoms with van der Waals surface area (Å²) < 4.78 is 16.4. The van der Waals surface area contributed by atoms with Crippen LogP contribution in [0, 0.1) is 5.92 Å². The Labute approximate surface area is 197 Å². The van der Waals surface area contributed by atoms with Gasteiger partial charge in [-0.1, -0.05) is 43.6 Å². The summed E-state index contributed by atoms with van der Waals surface area (Å²) in [6.07, 6.45) is 7.23. The Morgan fingerprint density at radius 1 is 1.09 bits per heavy atom. The summed E-state index contributed by atoms with van der Waals surface area (Å²) in [6, 6.07) is 1.74. The predicted molar refractivity (Wildman–Crippen MR) is 128 cm³/mol.